The Hall–Kier alpha value is -1.42. The zero-order chi connectivity index (χ0) is 11.8. The molecule has 2 aromatic heterocycles. The van der Waals surface area contributed by atoms with E-state index in [1.807, 2.05) is 43.6 Å². The summed E-state index contributed by atoms with van der Waals surface area (Å²) in [5, 5.41) is 4.43. The number of nitrogens with two attached hydrogens (primary N) is 1. The van der Waals surface area contributed by atoms with E-state index in [0.717, 1.165) is 24.3 Å². The molecule has 0 fully saturated rings. The summed E-state index contributed by atoms with van der Waals surface area (Å²) in [6.07, 6.45) is 3.70. The average Bonchev–Trinajstić information content (AvgIpc) is 2.55. The Morgan fingerprint density at radius 3 is 2.81 bits per heavy atom. The summed E-state index contributed by atoms with van der Waals surface area (Å²) in [7, 11) is 0. The van der Waals surface area contributed by atoms with Crippen molar-refractivity contribution in [3.05, 3.63) is 29.7 Å². The standard InChI is InChI=1S/C12H18N4/c1-9-4-5-11-14-10(15-16(11)8-9)6-7-12(2,3)13/h4-5,8H,6-7,13H2,1-3H3. The zero-order valence-electron chi connectivity index (χ0n) is 10.1. The Kier molecular flexibility index (Phi) is 2.68. The number of aromatic nitrogens is 3. The van der Waals surface area contributed by atoms with Gasteiger partial charge < -0.3 is 5.73 Å². The van der Waals surface area contributed by atoms with E-state index < -0.39 is 0 Å². The van der Waals surface area contributed by atoms with Gasteiger partial charge in [0.05, 0.1) is 0 Å². The highest BCUT2D eigenvalue weighted by molar-refractivity contribution is 5.38. The van der Waals surface area contributed by atoms with Crippen molar-refractivity contribution in [2.45, 2.75) is 39.2 Å². The van der Waals surface area contributed by atoms with Crippen molar-refractivity contribution in [3.63, 3.8) is 0 Å². The predicted octanol–water partition coefficient (Wildman–Crippen LogP) is 1.71. The summed E-state index contributed by atoms with van der Waals surface area (Å²) in [5.74, 6) is 0.865. The van der Waals surface area contributed by atoms with Crippen LogP contribution in [-0.4, -0.2) is 20.1 Å². The molecule has 2 heterocycles. The minimum Gasteiger partial charge on any atom is -0.326 e. The van der Waals surface area contributed by atoms with Gasteiger partial charge in [-0.3, -0.25) is 0 Å². The Bertz CT molecular complexity index is 493. The van der Waals surface area contributed by atoms with Crippen LogP contribution in [0, 0.1) is 6.92 Å². The predicted molar refractivity (Wildman–Crippen MR) is 64.3 cm³/mol. The fourth-order valence-electron chi connectivity index (χ4n) is 1.57. The number of nitrogens with zero attached hydrogens (tertiary/aromatic N) is 3. The molecular formula is C12H18N4. The number of hydrogen-bond acceptors (Lipinski definition) is 3. The second-order valence-corrected chi connectivity index (χ2v) is 5.03. The fourth-order valence-corrected chi connectivity index (χ4v) is 1.57. The highest BCUT2D eigenvalue weighted by atomic mass is 15.3. The number of fused-ring (bicyclic) bond motifs is 1. The van der Waals surface area contributed by atoms with Crippen LogP contribution in [0.5, 0.6) is 0 Å². The molecule has 2 aromatic rings. The first-order valence-electron chi connectivity index (χ1n) is 5.55. The van der Waals surface area contributed by atoms with Crippen LogP contribution in [0.15, 0.2) is 18.3 Å². The van der Waals surface area contributed by atoms with Crippen LogP contribution in [0.3, 0.4) is 0 Å². The molecule has 0 aliphatic heterocycles. The summed E-state index contributed by atoms with van der Waals surface area (Å²) in [6, 6.07) is 4.03. The van der Waals surface area contributed by atoms with Crippen molar-refractivity contribution in [2.75, 3.05) is 0 Å². The smallest absolute Gasteiger partial charge is 0.155 e. The number of rotatable bonds is 3. The lowest BCUT2D eigenvalue weighted by Crippen LogP contribution is -2.32. The summed E-state index contributed by atoms with van der Waals surface area (Å²) in [5.41, 5.74) is 7.86. The van der Waals surface area contributed by atoms with Crippen molar-refractivity contribution in [3.8, 4) is 0 Å². The van der Waals surface area contributed by atoms with Crippen LogP contribution in [-0.2, 0) is 6.42 Å². The SMILES string of the molecule is Cc1ccc2nc(CCC(C)(C)N)nn2c1. The van der Waals surface area contributed by atoms with Gasteiger partial charge in [0.25, 0.3) is 0 Å². The first-order valence-corrected chi connectivity index (χ1v) is 5.55. The average molecular weight is 218 g/mol. The number of pyridine rings is 1. The van der Waals surface area contributed by atoms with Crippen molar-refractivity contribution in [1.29, 1.82) is 0 Å². The molecule has 0 radical (unpaired) electrons. The third-order valence-electron chi connectivity index (χ3n) is 2.52. The van der Waals surface area contributed by atoms with Crippen molar-refractivity contribution >= 4 is 5.65 Å². The summed E-state index contributed by atoms with van der Waals surface area (Å²) in [4.78, 5) is 4.45. The van der Waals surface area contributed by atoms with Crippen molar-refractivity contribution in [2.24, 2.45) is 5.73 Å². The molecule has 0 saturated heterocycles. The lowest BCUT2D eigenvalue weighted by Gasteiger charge is -2.16. The third-order valence-corrected chi connectivity index (χ3v) is 2.52. The van der Waals surface area contributed by atoms with E-state index in [9.17, 15) is 0 Å². The van der Waals surface area contributed by atoms with Crippen molar-refractivity contribution in [1.82, 2.24) is 14.6 Å². The summed E-state index contributed by atoms with van der Waals surface area (Å²) in [6.45, 7) is 6.09. The first kappa shape index (κ1) is 11.1. The van der Waals surface area contributed by atoms with Crippen molar-refractivity contribution < 1.29 is 0 Å². The van der Waals surface area contributed by atoms with Gasteiger partial charge in [-0.2, -0.15) is 5.10 Å². The van der Waals surface area contributed by atoms with E-state index in [-0.39, 0.29) is 5.54 Å². The van der Waals surface area contributed by atoms with Gasteiger partial charge in [0.1, 0.15) is 0 Å². The third kappa shape index (κ3) is 2.58. The van der Waals surface area contributed by atoms with E-state index in [1.54, 1.807) is 0 Å². The van der Waals surface area contributed by atoms with Gasteiger partial charge in [-0.05, 0) is 38.8 Å². The summed E-state index contributed by atoms with van der Waals surface area (Å²) >= 11 is 0. The van der Waals surface area contributed by atoms with E-state index >= 15 is 0 Å². The molecule has 16 heavy (non-hydrogen) atoms. The molecule has 0 amide bonds. The quantitative estimate of drug-likeness (QED) is 0.853. The molecule has 2 N–H and O–H groups in total. The Morgan fingerprint density at radius 2 is 2.12 bits per heavy atom. The van der Waals surface area contributed by atoms with E-state index in [4.69, 9.17) is 5.73 Å². The topological polar surface area (TPSA) is 56.2 Å². The molecule has 0 spiro atoms. The second-order valence-electron chi connectivity index (χ2n) is 5.03. The molecular weight excluding hydrogens is 200 g/mol. The van der Waals surface area contributed by atoms with Gasteiger partial charge in [0, 0.05) is 18.2 Å². The van der Waals surface area contributed by atoms with Gasteiger partial charge in [0.2, 0.25) is 0 Å². The van der Waals surface area contributed by atoms with Crippen LogP contribution >= 0.6 is 0 Å². The first-order chi connectivity index (χ1) is 7.44. The van der Waals surface area contributed by atoms with Gasteiger partial charge in [0.15, 0.2) is 11.5 Å². The minimum atomic E-state index is -0.159. The molecule has 0 atom stereocenters. The monoisotopic (exact) mass is 218 g/mol. The van der Waals surface area contributed by atoms with Crippen LogP contribution in [0.25, 0.3) is 5.65 Å². The maximum Gasteiger partial charge on any atom is 0.155 e. The van der Waals surface area contributed by atoms with Crippen LogP contribution in [0.4, 0.5) is 0 Å². The number of aryl methyl sites for hydroxylation is 2. The van der Waals surface area contributed by atoms with Gasteiger partial charge >= 0.3 is 0 Å². The molecule has 86 valence electrons. The van der Waals surface area contributed by atoms with Crippen LogP contribution in [0.1, 0.15) is 31.7 Å². The fraction of sp³-hybridized carbons (Fsp3) is 0.500. The highest BCUT2D eigenvalue weighted by Gasteiger charge is 2.12. The molecule has 4 nitrogen and oxygen atoms in total. The van der Waals surface area contributed by atoms with E-state index in [1.165, 1.54) is 5.56 Å². The summed E-state index contributed by atoms with van der Waals surface area (Å²) < 4.78 is 1.83. The number of hydrogen-bond donors (Lipinski definition) is 1. The molecule has 0 saturated carbocycles. The van der Waals surface area contributed by atoms with E-state index in [2.05, 4.69) is 10.1 Å². The molecule has 4 heteroatoms. The van der Waals surface area contributed by atoms with Gasteiger partial charge in [-0.15, -0.1) is 0 Å². The molecule has 0 unspecified atom stereocenters. The highest BCUT2D eigenvalue weighted by Crippen LogP contribution is 2.10. The maximum absolute atomic E-state index is 5.94. The lowest BCUT2D eigenvalue weighted by atomic mass is 10.0. The normalized spacial score (nSPS) is 12.2. The maximum atomic E-state index is 5.94. The Balaban J connectivity index is 2.20. The zero-order valence-corrected chi connectivity index (χ0v) is 10.1. The van der Waals surface area contributed by atoms with Crippen LogP contribution in [0.2, 0.25) is 0 Å². The van der Waals surface area contributed by atoms with Crippen LogP contribution < -0.4 is 5.73 Å². The molecule has 0 aliphatic rings. The Labute approximate surface area is 95.5 Å². The Morgan fingerprint density at radius 1 is 1.38 bits per heavy atom. The minimum absolute atomic E-state index is 0.159. The van der Waals surface area contributed by atoms with E-state index in [0.29, 0.717) is 0 Å². The lowest BCUT2D eigenvalue weighted by molar-refractivity contribution is 0.471. The largest absolute Gasteiger partial charge is 0.326 e. The molecule has 0 aromatic carbocycles. The molecule has 0 bridgehead atoms. The van der Waals surface area contributed by atoms with Gasteiger partial charge in [-0.1, -0.05) is 6.07 Å². The molecule has 2 rings (SSSR count). The van der Waals surface area contributed by atoms with Gasteiger partial charge in [-0.25, -0.2) is 9.50 Å². The second kappa shape index (κ2) is 3.87. The molecule has 0 aliphatic carbocycles.